The second-order valence-electron chi connectivity index (χ2n) is 5.84. The summed E-state index contributed by atoms with van der Waals surface area (Å²) in [5.41, 5.74) is 2.91. The minimum atomic E-state index is -0.121. The fourth-order valence-electron chi connectivity index (χ4n) is 3.60. The Balaban J connectivity index is 1.96. The Morgan fingerprint density at radius 1 is 1.28 bits per heavy atom. The second kappa shape index (κ2) is 6.85. The molecule has 18 heavy (non-hydrogen) atoms. The number of nitrogens with two attached hydrogens (primary N) is 1. The van der Waals surface area contributed by atoms with Crippen molar-refractivity contribution in [1.82, 2.24) is 5.43 Å². The molecule has 0 aromatic heterocycles. The first-order valence-corrected chi connectivity index (χ1v) is 7.40. The molecule has 2 fully saturated rings. The van der Waals surface area contributed by atoms with Gasteiger partial charge in [-0.2, -0.15) is 0 Å². The Hall–Kier alpha value is -0.160. The molecule has 0 aromatic rings. The van der Waals surface area contributed by atoms with Crippen molar-refractivity contribution < 1.29 is 9.47 Å². The summed E-state index contributed by atoms with van der Waals surface area (Å²) in [6.45, 7) is 1.58. The molecule has 0 radical (unpaired) electrons. The first-order chi connectivity index (χ1) is 8.80. The van der Waals surface area contributed by atoms with E-state index in [9.17, 15) is 0 Å². The van der Waals surface area contributed by atoms with Crippen molar-refractivity contribution in [2.75, 3.05) is 20.3 Å². The SMILES string of the molecule is COC1(C(CC2CCCCC2)NN)CCOCC1. The molecule has 1 atom stereocenters. The second-order valence-corrected chi connectivity index (χ2v) is 5.84. The molecule has 1 saturated carbocycles. The maximum absolute atomic E-state index is 5.85. The summed E-state index contributed by atoms with van der Waals surface area (Å²) in [5.74, 6) is 6.63. The zero-order valence-corrected chi connectivity index (χ0v) is 11.6. The van der Waals surface area contributed by atoms with E-state index in [-0.39, 0.29) is 11.6 Å². The van der Waals surface area contributed by atoms with E-state index in [1.807, 2.05) is 7.11 Å². The first kappa shape index (κ1) is 14.3. The topological polar surface area (TPSA) is 56.5 Å². The number of hydrogen-bond acceptors (Lipinski definition) is 4. The highest BCUT2D eigenvalue weighted by Gasteiger charge is 2.41. The summed E-state index contributed by atoms with van der Waals surface area (Å²) < 4.78 is 11.3. The van der Waals surface area contributed by atoms with Gasteiger partial charge < -0.3 is 9.47 Å². The van der Waals surface area contributed by atoms with Crippen LogP contribution in [0.5, 0.6) is 0 Å². The van der Waals surface area contributed by atoms with Gasteiger partial charge in [0.2, 0.25) is 0 Å². The molecule has 1 saturated heterocycles. The van der Waals surface area contributed by atoms with Crippen LogP contribution in [0.4, 0.5) is 0 Å². The van der Waals surface area contributed by atoms with Gasteiger partial charge in [-0.25, -0.2) is 0 Å². The smallest absolute Gasteiger partial charge is 0.0888 e. The highest BCUT2D eigenvalue weighted by molar-refractivity contribution is 4.95. The van der Waals surface area contributed by atoms with Crippen LogP contribution in [0.1, 0.15) is 51.4 Å². The number of methoxy groups -OCH3 is 1. The van der Waals surface area contributed by atoms with Crippen LogP contribution in [-0.2, 0) is 9.47 Å². The number of hydrazine groups is 1. The van der Waals surface area contributed by atoms with Crippen molar-refractivity contribution in [1.29, 1.82) is 0 Å². The monoisotopic (exact) mass is 256 g/mol. The van der Waals surface area contributed by atoms with Crippen LogP contribution in [0.3, 0.4) is 0 Å². The van der Waals surface area contributed by atoms with Crippen LogP contribution in [-0.4, -0.2) is 32.0 Å². The molecule has 4 nitrogen and oxygen atoms in total. The van der Waals surface area contributed by atoms with E-state index >= 15 is 0 Å². The van der Waals surface area contributed by atoms with Crippen LogP contribution < -0.4 is 11.3 Å². The van der Waals surface area contributed by atoms with Gasteiger partial charge in [-0.1, -0.05) is 32.1 Å². The van der Waals surface area contributed by atoms with Crippen molar-refractivity contribution in [3.63, 3.8) is 0 Å². The quantitative estimate of drug-likeness (QED) is 0.583. The van der Waals surface area contributed by atoms with Crippen LogP contribution in [0, 0.1) is 5.92 Å². The average Bonchev–Trinajstić information content (AvgIpc) is 2.46. The lowest BCUT2D eigenvalue weighted by Gasteiger charge is -2.43. The Morgan fingerprint density at radius 2 is 1.94 bits per heavy atom. The normalized spacial score (nSPS) is 27.0. The number of nitrogens with one attached hydrogen (secondary N) is 1. The highest BCUT2D eigenvalue weighted by atomic mass is 16.5. The maximum atomic E-state index is 5.85. The fraction of sp³-hybridized carbons (Fsp3) is 1.00. The third-order valence-corrected chi connectivity index (χ3v) is 4.88. The molecular weight excluding hydrogens is 228 g/mol. The van der Waals surface area contributed by atoms with Gasteiger partial charge in [0.15, 0.2) is 0 Å². The van der Waals surface area contributed by atoms with Crippen LogP contribution in [0.15, 0.2) is 0 Å². The maximum Gasteiger partial charge on any atom is 0.0888 e. The average molecular weight is 256 g/mol. The van der Waals surface area contributed by atoms with Gasteiger partial charge in [-0.05, 0) is 12.3 Å². The summed E-state index contributed by atoms with van der Waals surface area (Å²) in [5, 5.41) is 0. The molecule has 0 amide bonds. The predicted octanol–water partition coefficient (Wildman–Crippen LogP) is 1.98. The molecular formula is C14H28N2O2. The molecule has 1 aliphatic carbocycles. The van der Waals surface area contributed by atoms with E-state index in [2.05, 4.69) is 5.43 Å². The van der Waals surface area contributed by atoms with Crippen molar-refractivity contribution in [3.05, 3.63) is 0 Å². The standard InChI is InChI=1S/C14H28N2O2/c1-17-14(7-9-18-10-8-14)13(16-15)11-12-5-3-2-4-6-12/h12-13,16H,2-11,15H2,1H3. The fourth-order valence-corrected chi connectivity index (χ4v) is 3.60. The van der Waals surface area contributed by atoms with Gasteiger partial charge in [0.05, 0.1) is 11.6 Å². The summed E-state index contributed by atoms with van der Waals surface area (Å²) in [7, 11) is 1.82. The molecule has 1 aliphatic heterocycles. The van der Waals surface area contributed by atoms with E-state index in [1.165, 1.54) is 32.1 Å². The number of ether oxygens (including phenoxy) is 2. The molecule has 1 unspecified atom stereocenters. The lowest BCUT2D eigenvalue weighted by Crippen LogP contribution is -2.57. The molecule has 0 bridgehead atoms. The van der Waals surface area contributed by atoms with Crippen LogP contribution >= 0.6 is 0 Å². The van der Waals surface area contributed by atoms with Gasteiger partial charge in [0.1, 0.15) is 0 Å². The zero-order chi connectivity index (χ0) is 12.8. The number of hydrogen-bond donors (Lipinski definition) is 2. The van der Waals surface area contributed by atoms with Gasteiger partial charge in [0.25, 0.3) is 0 Å². The van der Waals surface area contributed by atoms with Gasteiger partial charge in [-0.15, -0.1) is 0 Å². The number of rotatable bonds is 5. The third kappa shape index (κ3) is 3.23. The van der Waals surface area contributed by atoms with Crippen molar-refractivity contribution in [3.8, 4) is 0 Å². The highest BCUT2D eigenvalue weighted by Crippen LogP contribution is 2.35. The van der Waals surface area contributed by atoms with E-state index in [0.717, 1.165) is 38.4 Å². The van der Waals surface area contributed by atoms with Gasteiger partial charge >= 0.3 is 0 Å². The Bertz CT molecular complexity index is 236. The van der Waals surface area contributed by atoms with E-state index in [0.29, 0.717) is 0 Å². The molecule has 0 aromatic carbocycles. The van der Waals surface area contributed by atoms with Crippen molar-refractivity contribution >= 4 is 0 Å². The molecule has 2 rings (SSSR count). The van der Waals surface area contributed by atoms with E-state index in [4.69, 9.17) is 15.3 Å². The van der Waals surface area contributed by atoms with Gasteiger partial charge in [0, 0.05) is 33.2 Å². The molecule has 1 heterocycles. The van der Waals surface area contributed by atoms with Crippen LogP contribution in [0.25, 0.3) is 0 Å². The lowest BCUT2D eigenvalue weighted by molar-refractivity contribution is -0.114. The summed E-state index contributed by atoms with van der Waals surface area (Å²) >= 11 is 0. The Morgan fingerprint density at radius 3 is 2.50 bits per heavy atom. The lowest BCUT2D eigenvalue weighted by atomic mass is 9.77. The first-order valence-electron chi connectivity index (χ1n) is 7.40. The Labute approximate surface area is 111 Å². The summed E-state index contributed by atoms with van der Waals surface area (Å²) in [4.78, 5) is 0. The summed E-state index contributed by atoms with van der Waals surface area (Å²) in [6.07, 6.45) is 9.92. The van der Waals surface area contributed by atoms with Gasteiger partial charge in [-0.3, -0.25) is 11.3 Å². The van der Waals surface area contributed by atoms with Crippen LogP contribution in [0.2, 0.25) is 0 Å². The van der Waals surface area contributed by atoms with E-state index < -0.39 is 0 Å². The van der Waals surface area contributed by atoms with Crippen molar-refractivity contribution in [2.45, 2.75) is 63.0 Å². The molecule has 2 aliphatic rings. The largest absolute Gasteiger partial charge is 0.381 e. The van der Waals surface area contributed by atoms with E-state index in [1.54, 1.807) is 0 Å². The molecule has 3 N–H and O–H groups in total. The zero-order valence-electron chi connectivity index (χ0n) is 11.6. The molecule has 0 spiro atoms. The molecule has 106 valence electrons. The summed E-state index contributed by atoms with van der Waals surface area (Å²) in [6, 6.07) is 0.259. The molecule has 4 heteroatoms. The Kier molecular flexibility index (Phi) is 5.42. The minimum Gasteiger partial charge on any atom is -0.381 e. The third-order valence-electron chi connectivity index (χ3n) is 4.88. The van der Waals surface area contributed by atoms with Crippen molar-refractivity contribution in [2.24, 2.45) is 11.8 Å². The predicted molar refractivity (Wildman–Crippen MR) is 72.1 cm³/mol. The minimum absolute atomic E-state index is 0.121.